The number of nitrogens with zero attached hydrogens (tertiary/aromatic N) is 2. The molecule has 7 nitrogen and oxygen atoms in total. The lowest BCUT2D eigenvalue weighted by atomic mass is 9.95. The van der Waals surface area contributed by atoms with Crippen molar-refractivity contribution in [3.05, 3.63) is 33.9 Å². The van der Waals surface area contributed by atoms with Gasteiger partial charge >= 0.3 is 0 Å². The van der Waals surface area contributed by atoms with Gasteiger partial charge < -0.3 is 10.6 Å². The number of likely N-dealkylation sites (tertiary alicyclic amines) is 1. The van der Waals surface area contributed by atoms with E-state index in [9.17, 15) is 19.7 Å². The van der Waals surface area contributed by atoms with E-state index >= 15 is 0 Å². The molecule has 0 unspecified atom stereocenters. The summed E-state index contributed by atoms with van der Waals surface area (Å²) >= 11 is 1.42. The summed E-state index contributed by atoms with van der Waals surface area (Å²) in [7, 11) is 0. The first-order valence-electron chi connectivity index (χ1n) is 6.85. The SMILES string of the molecule is CSc1ccc([N+](=O)[O-])c(C(=O)N2CCC(C(N)=O)CC2)c1. The minimum Gasteiger partial charge on any atom is -0.369 e. The third-order valence-corrected chi connectivity index (χ3v) is 4.54. The van der Waals surface area contributed by atoms with Gasteiger partial charge in [-0.05, 0) is 31.2 Å². The van der Waals surface area contributed by atoms with Gasteiger partial charge in [-0.3, -0.25) is 19.7 Å². The highest BCUT2D eigenvalue weighted by molar-refractivity contribution is 7.98. The summed E-state index contributed by atoms with van der Waals surface area (Å²) in [5.74, 6) is -0.954. The molecule has 2 rings (SSSR count). The van der Waals surface area contributed by atoms with Crippen molar-refractivity contribution in [3.63, 3.8) is 0 Å². The van der Waals surface area contributed by atoms with Crippen LogP contribution in [0.25, 0.3) is 0 Å². The zero-order chi connectivity index (χ0) is 16.3. The van der Waals surface area contributed by atoms with Gasteiger partial charge in [-0.25, -0.2) is 0 Å². The van der Waals surface area contributed by atoms with E-state index in [0.29, 0.717) is 25.9 Å². The molecule has 1 saturated heterocycles. The number of piperidine rings is 1. The first-order valence-corrected chi connectivity index (χ1v) is 8.07. The van der Waals surface area contributed by atoms with Crippen LogP contribution in [-0.4, -0.2) is 41.0 Å². The van der Waals surface area contributed by atoms with Gasteiger partial charge in [-0.15, -0.1) is 11.8 Å². The first-order chi connectivity index (χ1) is 10.4. The van der Waals surface area contributed by atoms with Crippen molar-refractivity contribution in [2.75, 3.05) is 19.3 Å². The summed E-state index contributed by atoms with van der Waals surface area (Å²) in [4.78, 5) is 36.6. The van der Waals surface area contributed by atoms with Gasteiger partial charge in [0.05, 0.1) is 4.92 Å². The largest absolute Gasteiger partial charge is 0.369 e. The molecule has 22 heavy (non-hydrogen) atoms. The Bertz CT molecular complexity index is 612. The molecule has 0 spiro atoms. The number of thioether (sulfide) groups is 1. The van der Waals surface area contributed by atoms with Crippen LogP contribution in [-0.2, 0) is 4.79 Å². The zero-order valence-electron chi connectivity index (χ0n) is 12.2. The average Bonchev–Trinajstić information content (AvgIpc) is 2.53. The monoisotopic (exact) mass is 323 g/mol. The van der Waals surface area contributed by atoms with Gasteiger partial charge in [0.25, 0.3) is 11.6 Å². The van der Waals surface area contributed by atoms with Gasteiger partial charge in [0.2, 0.25) is 5.91 Å². The number of hydrogen-bond acceptors (Lipinski definition) is 5. The van der Waals surface area contributed by atoms with Crippen LogP contribution >= 0.6 is 11.8 Å². The summed E-state index contributed by atoms with van der Waals surface area (Å²) in [6.07, 6.45) is 2.84. The van der Waals surface area contributed by atoms with Crippen molar-refractivity contribution < 1.29 is 14.5 Å². The molecule has 0 saturated carbocycles. The summed E-state index contributed by atoms with van der Waals surface area (Å²) in [6.45, 7) is 0.764. The molecule has 2 N–H and O–H groups in total. The molecule has 118 valence electrons. The number of primary amides is 1. The van der Waals surface area contributed by atoms with Crippen molar-refractivity contribution >= 4 is 29.3 Å². The van der Waals surface area contributed by atoms with E-state index in [-0.39, 0.29) is 29.0 Å². The fourth-order valence-electron chi connectivity index (χ4n) is 2.51. The van der Waals surface area contributed by atoms with Crippen molar-refractivity contribution in [3.8, 4) is 0 Å². The van der Waals surface area contributed by atoms with Crippen molar-refractivity contribution in [1.82, 2.24) is 4.90 Å². The summed E-state index contributed by atoms with van der Waals surface area (Å²) in [6, 6.07) is 4.53. The van der Waals surface area contributed by atoms with Crippen LogP contribution in [0.2, 0.25) is 0 Å². The van der Waals surface area contributed by atoms with Gasteiger partial charge in [0.15, 0.2) is 0 Å². The predicted octanol–water partition coefficient (Wildman–Crippen LogP) is 1.65. The number of carbonyl (C=O) groups excluding carboxylic acids is 2. The Kier molecular flexibility index (Phi) is 5.02. The Morgan fingerprint density at radius 2 is 2.00 bits per heavy atom. The van der Waals surface area contributed by atoms with Crippen LogP contribution in [0.4, 0.5) is 5.69 Å². The van der Waals surface area contributed by atoms with Crippen molar-refractivity contribution in [2.45, 2.75) is 17.7 Å². The summed E-state index contributed by atoms with van der Waals surface area (Å²) in [5.41, 5.74) is 5.16. The first kappa shape index (κ1) is 16.3. The highest BCUT2D eigenvalue weighted by atomic mass is 32.2. The Labute approximate surface area is 132 Å². The molecule has 8 heteroatoms. The smallest absolute Gasteiger partial charge is 0.282 e. The summed E-state index contributed by atoms with van der Waals surface area (Å²) < 4.78 is 0. The quantitative estimate of drug-likeness (QED) is 0.515. The predicted molar refractivity (Wildman–Crippen MR) is 82.7 cm³/mol. The molecule has 1 aromatic rings. The second kappa shape index (κ2) is 6.78. The molecule has 1 aliphatic rings. The average molecular weight is 323 g/mol. The lowest BCUT2D eigenvalue weighted by Crippen LogP contribution is -2.41. The van der Waals surface area contributed by atoms with E-state index in [0.717, 1.165) is 4.90 Å². The molecule has 1 heterocycles. The van der Waals surface area contributed by atoms with Crippen LogP contribution in [0, 0.1) is 16.0 Å². The van der Waals surface area contributed by atoms with E-state index in [1.54, 1.807) is 17.0 Å². The number of carbonyl (C=O) groups is 2. The van der Waals surface area contributed by atoms with Crippen LogP contribution < -0.4 is 5.73 Å². The number of rotatable bonds is 4. The topological polar surface area (TPSA) is 107 Å². The number of nitrogens with two attached hydrogens (primary N) is 1. The third-order valence-electron chi connectivity index (χ3n) is 3.82. The molecule has 1 aromatic carbocycles. The van der Waals surface area contributed by atoms with Gasteiger partial charge in [-0.1, -0.05) is 0 Å². The van der Waals surface area contributed by atoms with E-state index in [1.165, 1.54) is 17.8 Å². The number of amides is 2. The van der Waals surface area contributed by atoms with Gasteiger partial charge in [0.1, 0.15) is 5.56 Å². The minimum absolute atomic E-state index is 0.0920. The maximum absolute atomic E-state index is 12.6. The van der Waals surface area contributed by atoms with E-state index < -0.39 is 4.92 Å². The molecule has 0 bridgehead atoms. The lowest BCUT2D eigenvalue weighted by molar-refractivity contribution is -0.385. The second-order valence-electron chi connectivity index (χ2n) is 5.11. The van der Waals surface area contributed by atoms with Crippen molar-refractivity contribution in [2.24, 2.45) is 11.7 Å². The highest BCUT2D eigenvalue weighted by Gasteiger charge is 2.30. The van der Waals surface area contributed by atoms with Crippen molar-refractivity contribution in [1.29, 1.82) is 0 Å². The van der Waals surface area contributed by atoms with Gasteiger partial charge in [0, 0.05) is 30.0 Å². The Balaban J connectivity index is 2.22. The third kappa shape index (κ3) is 3.38. The Morgan fingerprint density at radius 1 is 1.36 bits per heavy atom. The molecule has 0 aliphatic carbocycles. The molecule has 0 radical (unpaired) electrons. The lowest BCUT2D eigenvalue weighted by Gasteiger charge is -2.30. The van der Waals surface area contributed by atoms with E-state index in [4.69, 9.17) is 5.73 Å². The Hall–Kier alpha value is -2.09. The molecule has 0 atom stereocenters. The fourth-order valence-corrected chi connectivity index (χ4v) is 2.95. The molecular formula is C14H17N3O4S. The molecule has 2 amide bonds. The second-order valence-corrected chi connectivity index (χ2v) is 5.99. The minimum atomic E-state index is -0.548. The Morgan fingerprint density at radius 3 is 2.50 bits per heavy atom. The van der Waals surface area contributed by atoms with Crippen LogP contribution in [0.1, 0.15) is 23.2 Å². The van der Waals surface area contributed by atoms with E-state index in [1.807, 2.05) is 6.26 Å². The number of hydrogen-bond donors (Lipinski definition) is 1. The number of nitro groups is 1. The van der Waals surface area contributed by atoms with Gasteiger partial charge in [-0.2, -0.15) is 0 Å². The standard InChI is InChI=1S/C14H17N3O4S/c1-22-10-2-3-12(17(20)21)11(8-10)14(19)16-6-4-9(5-7-16)13(15)18/h2-3,8-9H,4-7H2,1H3,(H2,15,18). The normalized spacial score (nSPS) is 15.6. The number of nitro benzene ring substituents is 1. The number of benzene rings is 1. The molecule has 1 aliphatic heterocycles. The molecule has 1 fully saturated rings. The fraction of sp³-hybridized carbons (Fsp3) is 0.429. The van der Waals surface area contributed by atoms with Crippen LogP contribution in [0.15, 0.2) is 23.1 Å². The highest BCUT2D eigenvalue weighted by Crippen LogP contribution is 2.27. The molecular weight excluding hydrogens is 306 g/mol. The van der Waals surface area contributed by atoms with Crippen LogP contribution in [0.3, 0.4) is 0 Å². The molecule has 0 aromatic heterocycles. The maximum Gasteiger partial charge on any atom is 0.282 e. The van der Waals surface area contributed by atoms with E-state index in [2.05, 4.69) is 0 Å². The maximum atomic E-state index is 12.6. The van der Waals surface area contributed by atoms with Crippen LogP contribution in [0.5, 0.6) is 0 Å². The summed E-state index contributed by atoms with van der Waals surface area (Å²) in [5, 5.41) is 11.1. The zero-order valence-corrected chi connectivity index (χ0v) is 13.0.